The van der Waals surface area contributed by atoms with E-state index in [4.69, 9.17) is 4.74 Å². The molecule has 0 aliphatic heterocycles. The Labute approximate surface area is 139 Å². The third-order valence-corrected chi connectivity index (χ3v) is 4.40. The summed E-state index contributed by atoms with van der Waals surface area (Å²) in [6.45, 7) is 5.57. The van der Waals surface area contributed by atoms with Crippen molar-refractivity contribution in [2.24, 2.45) is 0 Å². The molecule has 4 nitrogen and oxygen atoms in total. The van der Waals surface area contributed by atoms with Crippen molar-refractivity contribution in [3.63, 3.8) is 0 Å². The van der Waals surface area contributed by atoms with Gasteiger partial charge >= 0.3 is 5.97 Å². The Kier molecular flexibility index (Phi) is 5.71. The standard InChI is InChI=1S/C18H19NO3S/c1-4-12(3)16(20)19-17-14(18(21)22-5-2)11-15(23-17)13-9-7-6-8-10-13/h4,6-11H,5H2,1-3H3,(H,19,20). The number of carbonyl (C=O) groups is 2. The molecular weight excluding hydrogens is 310 g/mol. The topological polar surface area (TPSA) is 55.4 Å². The summed E-state index contributed by atoms with van der Waals surface area (Å²) in [5.74, 6) is -0.654. The number of hydrogen-bond acceptors (Lipinski definition) is 4. The average molecular weight is 329 g/mol. The summed E-state index contributed by atoms with van der Waals surface area (Å²) in [5.41, 5.74) is 1.97. The lowest BCUT2D eigenvalue weighted by atomic mass is 10.1. The van der Waals surface area contributed by atoms with Crippen LogP contribution < -0.4 is 5.32 Å². The van der Waals surface area contributed by atoms with Crippen molar-refractivity contribution in [3.05, 3.63) is 53.6 Å². The fourth-order valence-electron chi connectivity index (χ4n) is 1.92. The van der Waals surface area contributed by atoms with Crippen LogP contribution in [0.2, 0.25) is 0 Å². The molecule has 2 rings (SSSR count). The van der Waals surface area contributed by atoms with E-state index in [0.29, 0.717) is 16.1 Å². The Morgan fingerprint density at radius 1 is 1.26 bits per heavy atom. The lowest BCUT2D eigenvalue weighted by molar-refractivity contribution is -0.112. The second kappa shape index (κ2) is 7.74. The van der Waals surface area contributed by atoms with Gasteiger partial charge in [-0.25, -0.2) is 4.79 Å². The molecule has 1 aromatic heterocycles. The van der Waals surface area contributed by atoms with Crippen molar-refractivity contribution in [3.8, 4) is 10.4 Å². The summed E-state index contributed by atoms with van der Waals surface area (Å²) in [6.07, 6.45) is 1.73. The van der Waals surface area contributed by atoms with E-state index in [2.05, 4.69) is 5.32 Å². The number of benzene rings is 1. The molecule has 0 radical (unpaired) electrons. The summed E-state index contributed by atoms with van der Waals surface area (Å²) in [6, 6.07) is 11.5. The molecule has 0 atom stereocenters. The van der Waals surface area contributed by atoms with Gasteiger partial charge in [-0.15, -0.1) is 11.3 Å². The minimum Gasteiger partial charge on any atom is -0.462 e. The minimum atomic E-state index is -0.431. The molecule has 0 aliphatic rings. The van der Waals surface area contributed by atoms with Crippen LogP contribution in [0.3, 0.4) is 0 Å². The second-order valence-corrected chi connectivity index (χ2v) is 5.92. The van der Waals surface area contributed by atoms with E-state index in [0.717, 1.165) is 10.4 Å². The molecule has 0 spiro atoms. The van der Waals surface area contributed by atoms with Gasteiger partial charge in [-0.2, -0.15) is 0 Å². The predicted molar refractivity (Wildman–Crippen MR) is 93.8 cm³/mol. The van der Waals surface area contributed by atoms with E-state index in [9.17, 15) is 9.59 Å². The molecule has 1 amide bonds. The molecular formula is C18H19NO3S. The van der Waals surface area contributed by atoms with E-state index in [1.165, 1.54) is 11.3 Å². The number of nitrogens with one attached hydrogen (secondary N) is 1. The summed E-state index contributed by atoms with van der Waals surface area (Å²) in [7, 11) is 0. The summed E-state index contributed by atoms with van der Waals surface area (Å²) >= 11 is 1.36. The van der Waals surface area contributed by atoms with Gasteiger partial charge in [0, 0.05) is 10.5 Å². The number of amides is 1. The van der Waals surface area contributed by atoms with Gasteiger partial charge in [-0.1, -0.05) is 36.4 Å². The van der Waals surface area contributed by atoms with Crippen LogP contribution in [0.25, 0.3) is 10.4 Å². The number of thiophene rings is 1. The van der Waals surface area contributed by atoms with Crippen LogP contribution in [0.1, 0.15) is 31.1 Å². The number of ether oxygens (including phenoxy) is 1. The van der Waals surface area contributed by atoms with Crippen molar-refractivity contribution in [2.75, 3.05) is 11.9 Å². The first-order valence-corrected chi connectivity index (χ1v) is 8.19. The van der Waals surface area contributed by atoms with Gasteiger partial charge in [0.05, 0.1) is 12.2 Å². The SMILES string of the molecule is CC=C(C)C(=O)Nc1sc(-c2ccccc2)cc1C(=O)OCC. The number of allylic oxidation sites excluding steroid dienone is 1. The van der Waals surface area contributed by atoms with E-state index in [-0.39, 0.29) is 12.5 Å². The largest absolute Gasteiger partial charge is 0.462 e. The zero-order valence-electron chi connectivity index (χ0n) is 13.4. The molecule has 1 N–H and O–H groups in total. The van der Waals surface area contributed by atoms with Crippen LogP contribution in [-0.4, -0.2) is 18.5 Å². The molecule has 0 saturated heterocycles. The van der Waals surface area contributed by atoms with Crippen molar-refractivity contribution in [1.82, 2.24) is 0 Å². The minimum absolute atomic E-state index is 0.223. The normalized spacial score (nSPS) is 11.2. The predicted octanol–water partition coefficient (Wildman–Crippen LogP) is 4.50. The number of rotatable bonds is 5. The van der Waals surface area contributed by atoms with Crippen LogP contribution >= 0.6 is 11.3 Å². The zero-order valence-corrected chi connectivity index (χ0v) is 14.2. The zero-order chi connectivity index (χ0) is 16.8. The molecule has 2 aromatic rings. The highest BCUT2D eigenvalue weighted by Crippen LogP contribution is 2.36. The molecule has 0 fully saturated rings. The quantitative estimate of drug-likeness (QED) is 0.649. The number of anilines is 1. The van der Waals surface area contributed by atoms with Gasteiger partial charge in [0.2, 0.25) is 0 Å². The maximum atomic E-state index is 12.1. The molecule has 1 heterocycles. The van der Waals surface area contributed by atoms with E-state index >= 15 is 0 Å². The maximum Gasteiger partial charge on any atom is 0.341 e. The van der Waals surface area contributed by atoms with Gasteiger partial charge in [-0.05, 0) is 32.4 Å². The molecule has 0 saturated carbocycles. The monoisotopic (exact) mass is 329 g/mol. The fourth-order valence-corrected chi connectivity index (χ4v) is 2.97. The molecule has 5 heteroatoms. The number of hydrogen-bond donors (Lipinski definition) is 1. The smallest absolute Gasteiger partial charge is 0.341 e. The molecule has 0 unspecified atom stereocenters. The molecule has 1 aromatic carbocycles. The highest BCUT2D eigenvalue weighted by atomic mass is 32.1. The maximum absolute atomic E-state index is 12.1. The van der Waals surface area contributed by atoms with Gasteiger partial charge in [0.1, 0.15) is 5.00 Å². The third-order valence-electron chi connectivity index (χ3n) is 3.30. The number of carbonyl (C=O) groups excluding carboxylic acids is 2. The van der Waals surface area contributed by atoms with E-state index in [1.54, 1.807) is 32.9 Å². The van der Waals surface area contributed by atoms with Crippen LogP contribution in [0.4, 0.5) is 5.00 Å². The Morgan fingerprint density at radius 2 is 1.96 bits per heavy atom. The summed E-state index contributed by atoms with van der Waals surface area (Å²) in [5, 5.41) is 3.31. The first-order valence-electron chi connectivity index (χ1n) is 7.37. The first-order chi connectivity index (χ1) is 11.1. The molecule has 120 valence electrons. The van der Waals surface area contributed by atoms with Crippen LogP contribution in [0.15, 0.2) is 48.0 Å². The Hall–Kier alpha value is -2.40. The van der Waals surface area contributed by atoms with Crippen molar-refractivity contribution >= 4 is 28.2 Å². The number of esters is 1. The molecule has 0 bridgehead atoms. The first kappa shape index (κ1) is 17.0. The van der Waals surface area contributed by atoms with E-state index < -0.39 is 5.97 Å². The highest BCUT2D eigenvalue weighted by Gasteiger charge is 2.20. The van der Waals surface area contributed by atoms with Crippen LogP contribution in [0, 0.1) is 0 Å². The summed E-state index contributed by atoms with van der Waals surface area (Å²) < 4.78 is 5.09. The molecule has 23 heavy (non-hydrogen) atoms. The van der Waals surface area contributed by atoms with Crippen molar-refractivity contribution in [2.45, 2.75) is 20.8 Å². The van der Waals surface area contributed by atoms with Crippen LogP contribution in [-0.2, 0) is 9.53 Å². The lowest BCUT2D eigenvalue weighted by Crippen LogP contribution is -2.14. The Bertz CT molecular complexity index is 732. The Morgan fingerprint density at radius 3 is 2.57 bits per heavy atom. The van der Waals surface area contributed by atoms with Crippen LogP contribution in [0.5, 0.6) is 0 Å². The molecule has 0 aliphatic carbocycles. The highest BCUT2D eigenvalue weighted by molar-refractivity contribution is 7.20. The van der Waals surface area contributed by atoms with Gasteiger partial charge in [-0.3, -0.25) is 4.79 Å². The van der Waals surface area contributed by atoms with Crippen molar-refractivity contribution < 1.29 is 14.3 Å². The summed E-state index contributed by atoms with van der Waals surface area (Å²) in [4.78, 5) is 25.2. The van der Waals surface area contributed by atoms with Gasteiger partial charge < -0.3 is 10.1 Å². The van der Waals surface area contributed by atoms with E-state index in [1.807, 2.05) is 30.3 Å². The van der Waals surface area contributed by atoms with Gasteiger partial charge in [0.25, 0.3) is 5.91 Å². The second-order valence-electron chi connectivity index (χ2n) is 4.87. The Balaban J connectivity index is 2.40. The van der Waals surface area contributed by atoms with Gasteiger partial charge in [0.15, 0.2) is 0 Å². The lowest BCUT2D eigenvalue weighted by Gasteiger charge is -2.05. The fraction of sp³-hybridized carbons (Fsp3) is 0.222. The van der Waals surface area contributed by atoms with Crippen molar-refractivity contribution in [1.29, 1.82) is 0 Å². The third kappa shape index (κ3) is 4.07. The average Bonchev–Trinajstić information content (AvgIpc) is 2.99.